The maximum absolute atomic E-state index is 6.34. The molecule has 3 aromatic heterocycles. The standard InChI is InChI=1S/C37H21N3O2/c1-2-9-22(10-3-1)35-38-36(23-17-18-27-25-11-4-6-15-31(25)41-33(27)21-23)40-37(39-35)30-14-8-13-28-24(30)19-20-29-26-12-5-7-16-32(26)42-34(28)29/h1-21H. The van der Waals surface area contributed by atoms with Crippen LogP contribution in [-0.2, 0) is 0 Å². The summed E-state index contributed by atoms with van der Waals surface area (Å²) in [6.45, 7) is 0. The smallest absolute Gasteiger partial charge is 0.164 e. The molecule has 0 N–H and O–H groups in total. The summed E-state index contributed by atoms with van der Waals surface area (Å²) < 4.78 is 12.5. The van der Waals surface area contributed by atoms with Gasteiger partial charge in [0.15, 0.2) is 17.5 Å². The molecule has 0 aliphatic rings. The van der Waals surface area contributed by atoms with Gasteiger partial charge >= 0.3 is 0 Å². The van der Waals surface area contributed by atoms with Crippen LogP contribution in [0.15, 0.2) is 136 Å². The minimum atomic E-state index is 0.586. The summed E-state index contributed by atoms with van der Waals surface area (Å²) in [6, 6.07) is 42.9. The maximum Gasteiger partial charge on any atom is 0.164 e. The summed E-state index contributed by atoms with van der Waals surface area (Å²) in [4.78, 5) is 15.0. The van der Waals surface area contributed by atoms with Crippen molar-refractivity contribution in [2.24, 2.45) is 0 Å². The molecule has 6 aromatic carbocycles. The molecule has 5 nitrogen and oxygen atoms in total. The van der Waals surface area contributed by atoms with Crippen molar-refractivity contribution in [3.8, 4) is 34.2 Å². The molecule has 0 saturated heterocycles. The lowest BCUT2D eigenvalue weighted by Gasteiger charge is -2.10. The summed E-state index contributed by atoms with van der Waals surface area (Å²) in [5.41, 5.74) is 6.10. The van der Waals surface area contributed by atoms with Gasteiger partial charge < -0.3 is 8.83 Å². The lowest BCUT2D eigenvalue weighted by molar-refractivity contribution is 0.669. The van der Waals surface area contributed by atoms with Crippen molar-refractivity contribution >= 4 is 54.6 Å². The van der Waals surface area contributed by atoms with Crippen LogP contribution >= 0.6 is 0 Å². The van der Waals surface area contributed by atoms with Crippen molar-refractivity contribution in [1.29, 1.82) is 0 Å². The van der Waals surface area contributed by atoms with E-state index in [4.69, 9.17) is 23.8 Å². The van der Waals surface area contributed by atoms with Crippen LogP contribution in [0.5, 0.6) is 0 Å². The van der Waals surface area contributed by atoms with Crippen LogP contribution in [0, 0.1) is 0 Å². The highest BCUT2D eigenvalue weighted by molar-refractivity contribution is 6.17. The molecule has 0 unspecified atom stereocenters. The Kier molecular flexibility index (Phi) is 4.83. The molecule has 0 saturated carbocycles. The van der Waals surface area contributed by atoms with Crippen molar-refractivity contribution in [3.63, 3.8) is 0 Å². The average Bonchev–Trinajstić information content (AvgIpc) is 3.63. The number of nitrogens with zero attached hydrogens (tertiary/aromatic N) is 3. The largest absolute Gasteiger partial charge is 0.456 e. The number of aromatic nitrogens is 3. The quantitative estimate of drug-likeness (QED) is 0.224. The zero-order valence-corrected chi connectivity index (χ0v) is 22.3. The average molecular weight is 540 g/mol. The first-order chi connectivity index (χ1) is 20.8. The zero-order chi connectivity index (χ0) is 27.6. The monoisotopic (exact) mass is 539 g/mol. The van der Waals surface area contributed by atoms with Gasteiger partial charge in [0.1, 0.15) is 22.3 Å². The second-order valence-electron chi connectivity index (χ2n) is 10.4. The van der Waals surface area contributed by atoms with Crippen molar-refractivity contribution in [2.45, 2.75) is 0 Å². The lowest BCUT2D eigenvalue weighted by Crippen LogP contribution is -2.00. The third kappa shape index (κ3) is 3.47. The molecule has 0 fully saturated rings. The van der Waals surface area contributed by atoms with Crippen LogP contribution in [0.25, 0.3) is 88.8 Å². The Balaban J connectivity index is 1.28. The SMILES string of the molecule is c1ccc(-c2nc(-c3ccc4c(c3)oc3ccccc34)nc(-c3cccc4c3ccc3c5ccccc5oc43)n2)cc1. The first-order valence-electron chi connectivity index (χ1n) is 13.9. The molecule has 0 spiro atoms. The number of furan rings is 2. The lowest BCUT2D eigenvalue weighted by atomic mass is 10.0. The van der Waals surface area contributed by atoms with E-state index in [9.17, 15) is 0 Å². The second kappa shape index (κ2) is 8.85. The molecule has 196 valence electrons. The van der Waals surface area contributed by atoms with Gasteiger partial charge in [-0.05, 0) is 35.7 Å². The first kappa shape index (κ1) is 22.9. The van der Waals surface area contributed by atoms with E-state index in [0.29, 0.717) is 17.5 Å². The van der Waals surface area contributed by atoms with Gasteiger partial charge in [-0.15, -0.1) is 0 Å². The van der Waals surface area contributed by atoms with Gasteiger partial charge in [0, 0.05) is 43.6 Å². The van der Waals surface area contributed by atoms with Crippen molar-refractivity contribution in [2.75, 3.05) is 0 Å². The summed E-state index contributed by atoms with van der Waals surface area (Å²) in [5, 5.41) is 6.40. The van der Waals surface area contributed by atoms with Gasteiger partial charge in [0.25, 0.3) is 0 Å². The molecule has 42 heavy (non-hydrogen) atoms. The molecule has 3 heterocycles. The predicted octanol–water partition coefficient (Wildman–Crippen LogP) is 9.82. The summed E-state index contributed by atoms with van der Waals surface area (Å²) >= 11 is 0. The van der Waals surface area contributed by atoms with Crippen LogP contribution < -0.4 is 0 Å². The van der Waals surface area contributed by atoms with Gasteiger partial charge in [-0.2, -0.15) is 0 Å². The first-order valence-corrected chi connectivity index (χ1v) is 13.9. The van der Waals surface area contributed by atoms with Gasteiger partial charge in [0.05, 0.1) is 0 Å². The molecule has 0 aliphatic carbocycles. The third-order valence-corrected chi connectivity index (χ3v) is 7.95. The van der Waals surface area contributed by atoms with E-state index >= 15 is 0 Å². The van der Waals surface area contributed by atoms with Gasteiger partial charge in [-0.25, -0.2) is 15.0 Å². The van der Waals surface area contributed by atoms with Crippen LogP contribution in [0.3, 0.4) is 0 Å². The highest BCUT2D eigenvalue weighted by Gasteiger charge is 2.17. The highest BCUT2D eigenvalue weighted by atomic mass is 16.3. The minimum absolute atomic E-state index is 0.586. The molecule has 5 heteroatoms. The van der Waals surface area contributed by atoms with E-state index in [0.717, 1.165) is 71.3 Å². The number of para-hydroxylation sites is 2. The van der Waals surface area contributed by atoms with Crippen molar-refractivity contribution in [1.82, 2.24) is 15.0 Å². The topological polar surface area (TPSA) is 65.0 Å². The molecular formula is C37H21N3O2. The molecule has 0 atom stereocenters. The zero-order valence-electron chi connectivity index (χ0n) is 22.3. The number of benzene rings is 6. The summed E-state index contributed by atoms with van der Waals surface area (Å²) in [6.07, 6.45) is 0. The Morgan fingerprint density at radius 3 is 1.76 bits per heavy atom. The Morgan fingerprint density at radius 2 is 0.929 bits per heavy atom. The van der Waals surface area contributed by atoms with E-state index < -0.39 is 0 Å². The molecule has 9 rings (SSSR count). The Morgan fingerprint density at radius 1 is 0.357 bits per heavy atom. The fourth-order valence-corrected chi connectivity index (χ4v) is 5.94. The molecule has 0 radical (unpaired) electrons. The Labute approximate surface area is 239 Å². The van der Waals surface area contributed by atoms with Gasteiger partial charge in [-0.3, -0.25) is 0 Å². The summed E-state index contributed by atoms with van der Waals surface area (Å²) in [7, 11) is 0. The number of hydrogen-bond acceptors (Lipinski definition) is 5. The van der Waals surface area contributed by atoms with Crippen molar-refractivity contribution < 1.29 is 8.83 Å². The van der Waals surface area contributed by atoms with Crippen LogP contribution in [0.4, 0.5) is 0 Å². The van der Waals surface area contributed by atoms with E-state index in [1.165, 1.54) is 0 Å². The van der Waals surface area contributed by atoms with Gasteiger partial charge in [-0.1, -0.05) is 97.1 Å². The van der Waals surface area contributed by atoms with Crippen LogP contribution in [-0.4, -0.2) is 15.0 Å². The van der Waals surface area contributed by atoms with Crippen LogP contribution in [0.1, 0.15) is 0 Å². The van der Waals surface area contributed by atoms with E-state index in [2.05, 4.69) is 48.5 Å². The predicted molar refractivity (Wildman–Crippen MR) is 168 cm³/mol. The highest BCUT2D eigenvalue weighted by Crippen LogP contribution is 2.38. The van der Waals surface area contributed by atoms with E-state index in [-0.39, 0.29) is 0 Å². The third-order valence-electron chi connectivity index (χ3n) is 7.95. The van der Waals surface area contributed by atoms with E-state index in [1.807, 2.05) is 78.9 Å². The fraction of sp³-hybridized carbons (Fsp3) is 0. The van der Waals surface area contributed by atoms with Crippen LogP contribution in [0.2, 0.25) is 0 Å². The maximum atomic E-state index is 6.34. The number of hydrogen-bond donors (Lipinski definition) is 0. The molecule has 0 aliphatic heterocycles. The molecular weight excluding hydrogens is 518 g/mol. The summed E-state index contributed by atoms with van der Waals surface area (Å²) in [5.74, 6) is 1.80. The number of fused-ring (bicyclic) bond motifs is 8. The minimum Gasteiger partial charge on any atom is -0.456 e. The fourth-order valence-electron chi connectivity index (χ4n) is 5.94. The Bertz CT molecular complexity index is 2470. The Hall–Kier alpha value is -5.81. The molecule has 0 bridgehead atoms. The van der Waals surface area contributed by atoms with E-state index in [1.54, 1.807) is 0 Å². The molecule has 0 amide bonds. The normalized spacial score (nSPS) is 11.8. The van der Waals surface area contributed by atoms with Crippen molar-refractivity contribution in [3.05, 3.63) is 127 Å². The second-order valence-corrected chi connectivity index (χ2v) is 10.4. The molecule has 9 aromatic rings. The van der Waals surface area contributed by atoms with Gasteiger partial charge in [0.2, 0.25) is 0 Å². The number of rotatable bonds is 3.